The number of carbonyl (C=O) groups excluding carboxylic acids is 1. The molecule has 2 fully saturated rings. The highest BCUT2D eigenvalue weighted by Crippen LogP contribution is 2.21. The van der Waals surface area contributed by atoms with E-state index in [0.29, 0.717) is 12.1 Å². The van der Waals surface area contributed by atoms with Crippen molar-refractivity contribution < 1.29 is 4.79 Å². The average molecular weight is 330 g/mol. The number of urea groups is 1. The molecule has 5 nitrogen and oxygen atoms in total. The molecule has 2 N–H and O–H groups in total. The number of aryl methyl sites for hydroxylation is 1. The zero-order valence-electron chi connectivity index (χ0n) is 14.9. The summed E-state index contributed by atoms with van der Waals surface area (Å²) in [6.07, 6.45) is 4.13. The lowest BCUT2D eigenvalue weighted by Gasteiger charge is -2.36. The normalized spacial score (nSPS) is 20.0. The van der Waals surface area contributed by atoms with Crippen molar-refractivity contribution in [1.29, 1.82) is 0 Å². The van der Waals surface area contributed by atoms with Crippen LogP contribution in [0.5, 0.6) is 0 Å². The standard InChI is InChI=1S/C19H30N4O/c1-15-3-5-18(6-4-15)23-13-9-16(10-14-23)21-19(24)22(2)17-7-11-20-12-8-17/h3-6,16-17,20H,7-14H2,1-2H3,(H,21,24). The fourth-order valence-corrected chi connectivity index (χ4v) is 3.67. The van der Waals surface area contributed by atoms with E-state index in [1.54, 1.807) is 0 Å². The number of hydrogen-bond acceptors (Lipinski definition) is 3. The van der Waals surface area contributed by atoms with Gasteiger partial charge in [-0.05, 0) is 57.8 Å². The molecule has 2 heterocycles. The number of carbonyl (C=O) groups is 1. The summed E-state index contributed by atoms with van der Waals surface area (Å²) in [5.41, 5.74) is 2.58. The predicted molar refractivity (Wildman–Crippen MR) is 98.6 cm³/mol. The zero-order chi connectivity index (χ0) is 16.9. The lowest BCUT2D eigenvalue weighted by atomic mass is 10.0. The van der Waals surface area contributed by atoms with Crippen molar-refractivity contribution in [2.45, 2.75) is 44.7 Å². The van der Waals surface area contributed by atoms with Gasteiger partial charge in [-0.1, -0.05) is 17.7 Å². The molecule has 0 aromatic heterocycles. The maximum absolute atomic E-state index is 12.5. The zero-order valence-corrected chi connectivity index (χ0v) is 14.9. The molecule has 1 aromatic rings. The number of nitrogens with zero attached hydrogens (tertiary/aromatic N) is 2. The van der Waals surface area contributed by atoms with Crippen molar-refractivity contribution in [3.8, 4) is 0 Å². The average Bonchev–Trinajstić information content (AvgIpc) is 2.63. The Morgan fingerprint density at radius 2 is 1.75 bits per heavy atom. The molecule has 0 saturated carbocycles. The van der Waals surface area contributed by atoms with Crippen molar-refractivity contribution in [2.75, 3.05) is 38.1 Å². The molecule has 2 saturated heterocycles. The van der Waals surface area contributed by atoms with Crippen LogP contribution >= 0.6 is 0 Å². The lowest BCUT2D eigenvalue weighted by molar-refractivity contribution is 0.171. The first-order chi connectivity index (χ1) is 11.6. The molecule has 2 aliphatic rings. The molecule has 0 radical (unpaired) electrons. The van der Waals surface area contributed by atoms with Crippen LogP contribution in [0.4, 0.5) is 10.5 Å². The second kappa shape index (κ2) is 7.88. The molecule has 5 heteroatoms. The lowest BCUT2D eigenvalue weighted by Crippen LogP contribution is -2.52. The van der Waals surface area contributed by atoms with Gasteiger partial charge >= 0.3 is 6.03 Å². The molecule has 0 aliphatic carbocycles. The summed E-state index contributed by atoms with van der Waals surface area (Å²) in [4.78, 5) is 16.8. The Kier molecular flexibility index (Phi) is 5.61. The van der Waals surface area contributed by atoms with Gasteiger partial charge in [-0.3, -0.25) is 0 Å². The molecule has 0 unspecified atom stereocenters. The van der Waals surface area contributed by atoms with Gasteiger partial charge in [0, 0.05) is 37.9 Å². The molecule has 0 atom stereocenters. The van der Waals surface area contributed by atoms with Crippen molar-refractivity contribution in [2.24, 2.45) is 0 Å². The smallest absolute Gasteiger partial charge is 0.317 e. The summed E-state index contributed by atoms with van der Waals surface area (Å²) in [6.45, 7) is 6.15. The Balaban J connectivity index is 1.46. The van der Waals surface area contributed by atoms with E-state index in [1.807, 2.05) is 11.9 Å². The van der Waals surface area contributed by atoms with E-state index in [9.17, 15) is 4.79 Å². The van der Waals surface area contributed by atoms with Gasteiger partial charge in [0.1, 0.15) is 0 Å². The molecule has 24 heavy (non-hydrogen) atoms. The molecule has 132 valence electrons. The topological polar surface area (TPSA) is 47.6 Å². The van der Waals surface area contributed by atoms with E-state index in [1.165, 1.54) is 11.3 Å². The number of anilines is 1. The van der Waals surface area contributed by atoms with E-state index >= 15 is 0 Å². The molecular formula is C19H30N4O. The molecule has 2 amide bonds. The van der Waals surface area contributed by atoms with Crippen molar-refractivity contribution >= 4 is 11.7 Å². The number of piperidine rings is 2. The third-order valence-corrected chi connectivity index (χ3v) is 5.40. The summed E-state index contributed by atoms with van der Waals surface area (Å²) >= 11 is 0. The van der Waals surface area contributed by atoms with Gasteiger partial charge in [0.25, 0.3) is 0 Å². The van der Waals surface area contributed by atoms with E-state index in [4.69, 9.17) is 0 Å². The van der Waals surface area contributed by atoms with Gasteiger partial charge in [0.05, 0.1) is 0 Å². The number of benzene rings is 1. The number of rotatable bonds is 3. The second-order valence-corrected chi connectivity index (χ2v) is 7.14. The largest absolute Gasteiger partial charge is 0.371 e. The molecule has 0 spiro atoms. The fourth-order valence-electron chi connectivity index (χ4n) is 3.67. The minimum Gasteiger partial charge on any atom is -0.371 e. The van der Waals surface area contributed by atoms with Crippen LogP contribution in [0.15, 0.2) is 24.3 Å². The first-order valence-electron chi connectivity index (χ1n) is 9.19. The minimum absolute atomic E-state index is 0.0932. The number of nitrogens with one attached hydrogen (secondary N) is 2. The molecule has 2 aliphatic heterocycles. The minimum atomic E-state index is 0.0932. The van der Waals surface area contributed by atoms with Gasteiger partial charge in [-0.15, -0.1) is 0 Å². The van der Waals surface area contributed by atoms with Gasteiger partial charge in [0.15, 0.2) is 0 Å². The van der Waals surface area contributed by atoms with E-state index in [2.05, 4.69) is 46.7 Å². The maximum atomic E-state index is 12.5. The number of amides is 2. The highest BCUT2D eigenvalue weighted by atomic mass is 16.2. The van der Waals surface area contributed by atoms with Crippen LogP contribution in [-0.4, -0.2) is 56.2 Å². The summed E-state index contributed by atoms with van der Waals surface area (Å²) in [7, 11) is 1.94. The second-order valence-electron chi connectivity index (χ2n) is 7.14. The quantitative estimate of drug-likeness (QED) is 0.894. The van der Waals surface area contributed by atoms with Crippen LogP contribution < -0.4 is 15.5 Å². The summed E-state index contributed by atoms with van der Waals surface area (Å²) < 4.78 is 0. The third-order valence-electron chi connectivity index (χ3n) is 5.40. The van der Waals surface area contributed by atoms with Crippen molar-refractivity contribution in [1.82, 2.24) is 15.5 Å². The van der Waals surface area contributed by atoms with Crippen LogP contribution in [0, 0.1) is 6.92 Å². The summed E-state index contributed by atoms with van der Waals surface area (Å²) in [5.74, 6) is 0. The summed E-state index contributed by atoms with van der Waals surface area (Å²) in [6, 6.07) is 9.48. The maximum Gasteiger partial charge on any atom is 0.317 e. The predicted octanol–water partition coefficient (Wildman–Crippen LogP) is 2.36. The Hall–Kier alpha value is -1.75. The van der Waals surface area contributed by atoms with E-state index in [0.717, 1.165) is 51.9 Å². The first-order valence-corrected chi connectivity index (χ1v) is 9.19. The first kappa shape index (κ1) is 17.1. The van der Waals surface area contributed by atoms with Crippen LogP contribution in [0.25, 0.3) is 0 Å². The highest BCUT2D eigenvalue weighted by Gasteiger charge is 2.25. The molecular weight excluding hydrogens is 300 g/mol. The third kappa shape index (κ3) is 4.20. The van der Waals surface area contributed by atoms with Gasteiger partial charge in [-0.2, -0.15) is 0 Å². The Morgan fingerprint density at radius 1 is 1.12 bits per heavy atom. The van der Waals surface area contributed by atoms with Crippen molar-refractivity contribution in [3.05, 3.63) is 29.8 Å². The van der Waals surface area contributed by atoms with E-state index < -0.39 is 0 Å². The Bertz CT molecular complexity index is 531. The van der Waals surface area contributed by atoms with Gasteiger partial charge < -0.3 is 20.4 Å². The number of hydrogen-bond donors (Lipinski definition) is 2. The molecule has 3 rings (SSSR count). The SMILES string of the molecule is Cc1ccc(N2CCC(NC(=O)N(C)C3CCNCC3)CC2)cc1. The Morgan fingerprint density at radius 3 is 2.38 bits per heavy atom. The van der Waals surface area contributed by atoms with Crippen LogP contribution in [0.3, 0.4) is 0 Å². The Labute approximate surface area is 145 Å². The van der Waals surface area contributed by atoms with E-state index in [-0.39, 0.29) is 6.03 Å². The van der Waals surface area contributed by atoms with Crippen LogP contribution in [0.1, 0.15) is 31.2 Å². The summed E-state index contributed by atoms with van der Waals surface area (Å²) in [5, 5.41) is 6.59. The van der Waals surface area contributed by atoms with Gasteiger partial charge in [-0.25, -0.2) is 4.79 Å². The monoisotopic (exact) mass is 330 g/mol. The fraction of sp³-hybridized carbons (Fsp3) is 0.632. The molecule has 0 bridgehead atoms. The van der Waals surface area contributed by atoms with Crippen molar-refractivity contribution in [3.63, 3.8) is 0 Å². The van der Waals surface area contributed by atoms with Gasteiger partial charge in [0.2, 0.25) is 0 Å². The van der Waals surface area contributed by atoms with Crippen LogP contribution in [-0.2, 0) is 0 Å². The highest BCUT2D eigenvalue weighted by molar-refractivity contribution is 5.74. The molecule has 1 aromatic carbocycles. The van der Waals surface area contributed by atoms with Crippen LogP contribution in [0.2, 0.25) is 0 Å².